The van der Waals surface area contributed by atoms with Gasteiger partial charge >= 0.3 is 0 Å². The van der Waals surface area contributed by atoms with Gasteiger partial charge in [-0.3, -0.25) is 0 Å². The van der Waals surface area contributed by atoms with Crippen molar-refractivity contribution in [2.75, 3.05) is 32.6 Å². The lowest BCUT2D eigenvalue weighted by Crippen LogP contribution is -2.50. The molecule has 0 radical (unpaired) electrons. The number of hydrogen-bond donors (Lipinski definition) is 2. The summed E-state index contributed by atoms with van der Waals surface area (Å²) < 4.78 is 6.43. The first-order valence-electron chi connectivity index (χ1n) is 9.24. The van der Waals surface area contributed by atoms with E-state index < -0.39 is 6.23 Å². The maximum Gasteiger partial charge on any atom is 0.150 e. The quantitative estimate of drug-likeness (QED) is 0.528. The van der Waals surface area contributed by atoms with Crippen LogP contribution in [0.15, 0.2) is 42.5 Å². The van der Waals surface area contributed by atoms with E-state index in [1.54, 1.807) is 18.2 Å². The monoisotopic (exact) mass is 409 g/mol. The molecule has 1 saturated heterocycles. The maximum atomic E-state index is 10.5. The Morgan fingerprint density at radius 1 is 1.11 bits per heavy atom. The van der Waals surface area contributed by atoms with Gasteiger partial charge in [0.1, 0.15) is 6.54 Å². The van der Waals surface area contributed by atoms with E-state index in [1.165, 1.54) is 5.56 Å². The van der Waals surface area contributed by atoms with Gasteiger partial charge in [0.05, 0.1) is 43.4 Å². The fraction of sp³-hybridized carbons (Fsp3) is 0.429. The van der Waals surface area contributed by atoms with Gasteiger partial charge in [0.15, 0.2) is 6.23 Å². The van der Waals surface area contributed by atoms with E-state index >= 15 is 0 Å². The molecular formula is C21H27Cl2N2O2+. The zero-order valence-electron chi connectivity index (χ0n) is 15.8. The van der Waals surface area contributed by atoms with Gasteiger partial charge in [0.25, 0.3) is 0 Å². The van der Waals surface area contributed by atoms with Crippen LogP contribution in [-0.2, 0) is 11.3 Å². The Kier molecular flexibility index (Phi) is 6.66. The van der Waals surface area contributed by atoms with Crippen LogP contribution < -0.4 is 5.32 Å². The van der Waals surface area contributed by atoms with E-state index in [4.69, 9.17) is 27.9 Å². The molecule has 1 aliphatic heterocycles. The second-order valence-corrected chi connectivity index (χ2v) is 8.52. The van der Waals surface area contributed by atoms with E-state index in [9.17, 15) is 5.11 Å². The number of aliphatic hydroxyl groups is 1. The molecule has 2 N–H and O–H groups in total. The molecule has 2 aromatic carbocycles. The van der Waals surface area contributed by atoms with E-state index in [0.717, 1.165) is 42.8 Å². The highest BCUT2D eigenvalue weighted by molar-refractivity contribution is 6.42. The van der Waals surface area contributed by atoms with Crippen molar-refractivity contribution in [1.29, 1.82) is 0 Å². The van der Waals surface area contributed by atoms with Crippen molar-refractivity contribution in [2.24, 2.45) is 0 Å². The highest BCUT2D eigenvalue weighted by atomic mass is 35.5. The predicted molar refractivity (Wildman–Crippen MR) is 111 cm³/mol. The average molecular weight is 410 g/mol. The van der Waals surface area contributed by atoms with Crippen LogP contribution in [0.1, 0.15) is 30.2 Å². The van der Waals surface area contributed by atoms with Crippen LogP contribution in [0.25, 0.3) is 0 Å². The van der Waals surface area contributed by atoms with Gasteiger partial charge in [-0.1, -0.05) is 41.4 Å². The molecule has 1 fully saturated rings. The van der Waals surface area contributed by atoms with Crippen LogP contribution in [-0.4, -0.2) is 42.9 Å². The van der Waals surface area contributed by atoms with Crippen molar-refractivity contribution in [3.63, 3.8) is 0 Å². The third-order valence-electron chi connectivity index (χ3n) is 5.26. The molecule has 0 bridgehead atoms. The van der Waals surface area contributed by atoms with E-state index in [0.29, 0.717) is 21.7 Å². The van der Waals surface area contributed by atoms with Crippen molar-refractivity contribution in [3.8, 4) is 0 Å². The van der Waals surface area contributed by atoms with E-state index in [-0.39, 0.29) is 0 Å². The largest absolute Gasteiger partial charge is 0.381 e. The lowest BCUT2D eigenvalue weighted by molar-refractivity contribution is -0.929. The van der Waals surface area contributed by atoms with Crippen molar-refractivity contribution >= 4 is 28.9 Å². The standard InChI is InChI=1S/C21H27Cl2N2O2/c1-25(2,18-8-10-27-11-9-18)14-15-4-3-5-17(12-15)24-21(26)16-6-7-19(22)20(23)13-16/h3-7,12-13,18,21,24,26H,8-11,14H2,1-2H3/q+1. The summed E-state index contributed by atoms with van der Waals surface area (Å²) in [6, 6.07) is 13.9. The highest BCUT2D eigenvalue weighted by Gasteiger charge is 2.30. The van der Waals surface area contributed by atoms with E-state index in [1.807, 2.05) is 12.1 Å². The molecule has 0 aromatic heterocycles. The first-order valence-corrected chi connectivity index (χ1v) is 10.00. The summed E-state index contributed by atoms with van der Waals surface area (Å²) in [5.41, 5.74) is 2.78. The van der Waals surface area contributed by atoms with Crippen molar-refractivity contribution < 1.29 is 14.3 Å². The summed E-state index contributed by atoms with van der Waals surface area (Å²) in [6.45, 7) is 2.64. The molecule has 0 saturated carbocycles. The number of nitrogens with one attached hydrogen (secondary N) is 1. The number of nitrogens with zero attached hydrogens (tertiary/aromatic N) is 1. The zero-order valence-corrected chi connectivity index (χ0v) is 17.3. The molecule has 4 nitrogen and oxygen atoms in total. The Bertz CT molecular complexity index is 777. The topological polar surface area (TPSA) is 41.5 Å². The highest BCUT2D eigenvalue weighted by Crippen LogP contribution is 2.27. The van der Waals surface area contributed by atoms with Crippen LogP contribution in [0.2, 0.25) is 10.0 Å². The molecular weight excluding hydrogens is 383 g/mol. The van der Waals surface area contributed by atoms with Gasteiger partial charge in [-0.15, -0.1) is 0 Å². The number of anilines is 1. The average Bonchev–Trinajstić information content (AvgIpc) is 2.64. The Morgan fingerprint density at radius 2 is 1.85 bits per heavy atom. The number of ether oxygens (including phenoxy) is 1. The fourth-order valence-electron chi connectivity index (χ4n) is 3.67. The third kappa shape index (κ3) is 5.37. The first kappa shape index (κ1) is 20.4. The second kappa shape index (κ2) is 8.80. The number of benzene rings is 2. The minimum Gasteiger partial charge on any atom is -0.381 e. The molecule has 1 heterocycles. The molecule has 3 rings (SSSR count). The Morgan fingerprint density at radius 3 is 2.56 bits per heavy atom. The van der Waals surface area contributed by atoms with E-state index in [2.05, 4.69) is 31.5 Å². The lowest BCUT2D eigenvalue weighted by Gasteiger charge is -2.40. The van der Waals surface area contributed by atoms with Crippen molar-refractivity contribution in [1.82, 2.24) is 0 Å². The van der Waals surface area contributed by atoms with Gasteiger partial charge in [-0.25, -0.2) is 0 Å². The minimum atomic E-state index is -0.854. The number of aliphatic hydroxyl groups excluding tert-OH is 1. The number of halogens is 2. The lowest BCUT2D eigenvalue weighted by atomic mass is 10.0. The zero-order chi connectivity index (χ0) is 19.4. The van der Waals surface area contributed by atoms with Gasteiger partial charge in [-0.2, -0.15) is 0 Å². The molecule has 27 heavy (non-hydrogen) atoms. The Balaban J connectivity index is 1.68. The van der Waals surface area contributed by atoms with Crippen LogP contribution in [0, 0.1) is 0 Å². The summed E-state index contributed by atoms with van der Waals surface area (Å²) in [5, 5.41) is 14.5. The minimum absolute atomic E-state index is 0.430. The molecule has 0 amide bonds. The Labute approximate surface area is 171 Å². The normalized spacial score (nSPS) is 16.9. The second-order valence-electron chi connectivity index (χ2n) is 7.70. The van der Waals surface area contributed by atoms with Crippen molar-refractivity contribution in [3.05, 3.63) is 63.6 Å². The summed E-state index contributed by atoms with van der Waals surface area (Å²) in [6.07, 6.45) is 1.34. The van der Waals surface area contributed by atoms with Gasteiger partial charge in [0.2, 0.25) is 0 Å². The number of hydrogen-bond acceptors (Lipinski definition) is 3. The molecule has 0 aliphatic carbocycles. The first-order chi connectivity index (χ1) is 12.8. The smallest absolute Gasteiger partial charge is 0.150 e. The molecule has 6 heteroatoms. The predicted octanol–water partition coefficient (Wildman–Crippen LogP) is 4.85. The molecule has 146 valence electrons. The third-order valence-corrected chi connectivity index (χ3v) is 6.00. The number of rotatable bonds is 6. The van der Waals surface area contributed by atoms with Crippen LogP contribution in [0.3, 0.4) is 0 Å². The van der Waals surface area contributed by atoms with Gasteiger partial charge < -0.3 is 19.6 Å². The Hall–Kier alpha value is -1.30. The molecule has 0 spiro atoms. The summed E-state index contributed by atoms with van der Waals surface area (Å²) in [5.74, 6) is 0. The van der Waals surface area contributed by atoms with Gasteiger partial charge in [-0.05, 0) is 24.3 Å². The molecule has 1 unspecified atom stereocenters. The SMILES string of the molecule is C[N+](C)(Cc1cccc(NC(O)c2ccc(Cl)c(Cl)c2)c1)C1CCOCC1. The maximum absolute atomic E-state index is 10.5. The fourth-order valence-corrected chi connectivity index (χ4v) is 3.97. The van der Waals surface area contributed by atoms with Crippen LogP contribution in [0.4, 0.5) is 5.69 Å². The van der Waals surface area contributed by atoms with Crippen LogP contribution >= 0.6 is 23.2 Å². The summed E-state index contributed by atoms with van der Waals surface area (Å²) >= 11 is 12.0. The van der Waals surface area contributed by atoms with Gasteiger partial charge in [0, 0.05) is 29.7 Å². The summed E-state index contributed by atoms with van der Waals surface area (Å²) in [7, 11) is 4.56. The molecule has 2 aromatic rings. The van der Waals surface area contributed by atoms with Crippen LogP contribution in [0.5, 0.6) is 0 Å². The number of quaternary nitrogens is 1. The van der Waals surface area contributed by atoms with Crippen molar-refractivity contribution in [2.45, 2.75) is 31.7 Å². The summed E-state index contributed by atoms with van der Waals surface area (Å²) in [4.78, 5) is 0. The molecule has 1 aliphatic rings. The molecule has 1 atom stereocenters.